The molecular formula is C37H50ClN5O4. The normalized spacial score (nSPS) is 15.7. The fourth-order valence-electron chi connectivity index (χ4n) is 6.38. The molecule has 2 heterocycles. The number of aliphatic carboxylic acids is 1. The second-order valence-electron chi connectivity index (χ2n) is 12.4. The van der Waals surface area contributed by atoms with Gasteiger partial charge in [0.25, 0.3) is 0 Å². The number of carboxylic acid groups (broad SMARTS) is 1. The third-order valence-electron chi connectivity index (χ3n) is 9.01. The van der Waals surface area contributed by atoms with Crippen molar-refractivity contribution in [3.05, 3.63) is 92.1 Å². The van der Waals surface area contributed by atoms with Gasteiger partial charge in [0, 0.05) is 66.3 Å². The number of likely N-dealkylation sites (N-methyl/N-ethyl adjacent to an activating group) is 1. The van der Waals surface area contributed by atoms with Crippen molar-refractivity contribution in [2.45, 2.75) is 60.3 Å². The van der Waals surface area contributed by atoms with Crippen LogP contribution in [0.15, 0.2) is 64.0 Å². The number of nitrogens with zero attached hydrogens (tertiary/aromatic N) is 5. The first-order valence-corrected chi connectivity index (χ1v) is 16.8. The number of halogens is 1. The Labute approximate surface area is 284 Å². The molecule has 4 rings (SSSR count). The summed E-state index contributed by atoms with van der Waals surface area (Å²) in [6.07, 6.45) is 8.84. The van der Waals surface area contributed by atoms with Gasteiger partial charge in [-0.25, -0.2) is 4.79 Å². The third-order valence-corrected chi connectivity index (χ3v) is 9.19. The van der Waals surface area contributed by atoms with Crippen LogP contribution in [0.5, 0.6) is 0 Å². The van der Waals surface area contributed by atoms with E-state index in [1.165, 1.54) is 5.06 Å². The van der Waals surface area contributed by atoms with E-state index >= 15 is 0 Å². The molecule has 1 aliphatic heterocycles. The van der Waals surface area contributed by atoms with E-state index in [-0.39, 0.29) is 18.8 Å². The molecular weight excluding hydrogens is 614 g/mol. The van der Waals surface area contributed by atoms with Gasteiger partial charge in [0.05, 0.1) is 12.3 Å². The number of ether oxygens (including phenoxy) is 1. The predicted molar refractivity (Wildman–Crippen MR) is 190 cm³/mol. The van der Waals surface area contributed by atoms with Gasteiger partial charge in [-0.2, -0.15) is 10.2 Å². The molecule has 0 saturated carbocycles. The van der Waals surface area contributed by atoms with Crippen LogP contribution in [0, 0.1) is 13.8 Å². The van der Waals surface area contributed by atoms with Crippen molar-refractivity contribution in [1.82, 2.24) is 24.6 Å². The van der Waals surface area contributed by atoms with Crippen LogP contribution in [0.4, 0.5) is 0 Å². The zero-order valence-electron chi connectivity index (χ0n) is 28.9. The van der Waals surface area contributed by atoms with Gasteiger partial charge in [-0.3, -0.25) is 4.68 Å². The number of allylic oxidation sites excluding steroid dienone is 6. The Morgan fingerprint density at radius 2 is 1.87 bits per heavy atom. The number of aromatic nitrogens is 2. The zero-order valence-corrected chi connectivity index (χ0v) is 29.7. The van der Waals surface area contributed by atoms with Gasteiger partial charge < -0.3 is 24.9 Å². The van der Waals surface area contributed by atoms with Crippen LogP contribution in [0.25, 0.3) is 17.4 Å². The molecule has 2 aliphatic rings. The minimum atomic E-state index is -1.00. The SMILES string of the molecule is CCN(C)CCN(O)CCN1C(C(=O)O)=C(CCCOC2=CCC=Cc3ccccc32)CC(C)=C1/C(=C(\C)Cl)c1c(C)nn(C)c1C. The molecule has 1 aromatic heterocycles. The van der Waals surface area contributed by atoms with Crippen LogP contribution >= 0.6 is 11.6 Å². The highest BCUT2D eigenvalue weighted by molar-refractivity contribution is 6.33. The summed E-state index contributed by atoms with van der Waals surface area (Å²) in [5.41, 5.74) is 8.48. The first kappa shape index (κ1) is 36.2. The van der Waals surface area contributed by atoms with Gasteiger partial charge in [0.2, 0.25) is 0 Å². The molecule has 1 aliphatic carbocycles. The number of carboxylic acids is 1. The van der Waals surface area contributed by atoms with E-state index in [1.54, 1.807) is 0 Å². The average molecular weight is 664 g/mol. The molecule has 0 atom stereocenters. The standard InChI is InChI=1S/C37H50ClN5O4/c1-8-40(6)19-20-42(46)21-22-43-35(33(26(3)38)34-27(4)39-41(7)28(34)5)25(2)24-30(36(43)37(44)45)16-13-23-47-32-18-12-10-15-29-14-9-11-17-31(29)32/h9-11,14-15,17-18,46H,8,12-13,16,19-24H2,1-7H3,(H,44,45)/b33-26+. The second kappa shape index (κ2) is 16.5. The van der Waals surface area contributed by atoms with E-state index in [9.17, 15) is 15.1 Å². The predicted octanol–water partition coefficient (Wildman–Crippen LogP) is 7.22. The van der Waals surface area contributed by atoms with Gasteiger partial charge in [-0.1, -0.05) is 54.9 Å². The summed E-state index contributed by atoms with van der Waals surface area (Å²) in [5, 5.41) is 28.0. The van der Waals surface area contributed by atoms with Crippen LogP contribution < -0.4 is 0 Å². The van der Waals surface area contributed by atoms with Gasteiger partial charge in [0.15, 0.2) is 0 Å². The minimum absolute atomic E-state index is 0.238. The van der Waals surface area contributed by atoms with Gasteiger partial charge in [-0.15, -0.1) is 0 Å². The smallest absolute Gasteiger partial charge is 0.352 e. The van der Waals surface area contributed by atoms with E-state index < -0.39 is 5.97 Å². The minimum Gasteiger partial charge on any atom is -0.493 e. The summed E-state index contributed by atoms with van der Waals surface area (Å²) >= 11 is 6.87. The van der Waals surface area contributed by atoms with Crippen molar-refractivity contribution in [3.63, 3.8) is 0 Å². The molecule has 0 saturated heterocycles. The zero-order chi connectivity index (χ0) is 34.2. The Hall–Kier alpha value is -3.63. The van der Waals surface area contributed by atoms with E-state index in [0.29, 0.717) is 44.0 Å². The lowest BCUT2D eigenvalue weighted by molar-refractivity contribution is -0.134. The number of rotatable bonds is 15. The summed E-state index contributed by atoms with van der Waals surface area (Å²) in [6.45, 7) is 12.9. The highest BCUT2D eigenvalue weighted by Crippen LogP contribution is 2.43. The van der Waals surface area contributed by atoms with E-state index in [2.05, 4.69) is 47.3 Å². The van der Waals surface area contributed by atoms with E-state index in [0.717, 1.165) is 69.2 Å². The Bertz CT molecular complexity index is 1610. The van der Waals surface area contributed by atoms with Gasteiger partial charge in [-0.05, 0) is 89.8 Å². The van der Waals surface area contributed by atoms with Gasteiger partial charge >= 0.3 is 5.97 Å². The number of benzene rings is 1. The molecule has 0 amide bonds. The largest absolute Gasteiger partial charge is 0.493 e. The Balaban J connectivity index is 1.64. The lowest BCUT2D eigenvalue weighted by Gasteiger charge is -2.37. The number of hydrogen-bond donors (Lipinski definition) is 2. The molecule has 10 heteroatoms. The number of hydrogen-bond acceptors (Lipinski definition) is 7. The molecule has 9 nitrogen and oxygen atoms in total. The molecule has 0 fully saturated rings. The molecule has 2 N–H and O–H groups in total. The quantitative estimate of drug-likeness (QED) is 0.152. The van der Waals surface area contributed by atoms with Crippen LogP contribution in [-0.2, 0) is 16.6 Å². The highest BCUT2D eigenvalue weighted by Gasteiger charge is 2.34. The lowest BCUT2D eigenvalue weighted by Crippen LogP contribution is -2.40. The molecule has 2 aromatic rings. The first-order valence-electron chi connectivity index (χ1n) is 16.5. The summed E-state index contributed by atoms with van der Waals surface area (Å²) in [7, 11) is 3.90. The van der Waals surface area contributed by atoms with Gasteiger partial charge in [0.1, 0.15) is 11.5 Å². The maximum absolute atomic E-state index is 13.1. The van der Waals surface area contributed by atoms with Crippen molar-refractivity contribution < 1.29 is 19.8 Å². The third kappa shape index (κ3) is 8.65. The Morgan fingerprint density at radius 1 is 1.13 bits per heavy atom. The van der Waals surface area contributed by atoms with Crippen molar-refractivity contribution in [1.29, 1.82) is 0 Å². The van der Waals surface area contributed by atoms with Crippen molar-refractivity contribution in [3.8, 4) is 0 Å². The maximum atomic E-state index is 13.1. The van der Waals surface area contributed by atoms with Crippen LogP contribution in [-0.4, -0.2) is 87.3 Å². The fourth-order valence-corrected chi connectivity index (χ4v) is 6.56. The van der Waals surface area contributed by atoms with E-state index in [4.69, 9.17) is 16.3 Å². The summed E-state index contributed by atoms with van der Waals surface area (Å²) in [5.74, 6) is -0.146. The topological polar surface area (TPSA) is 94.3 Å². The second-order valence-corrected chi connectivity index (χ2v) is 13.0. The molecule has 0 spiro atoms. The molecule has 0 bridgehead atoms. The summed E-state index contributed by atoms with van der Waals surface area (Å²) < 4.78 is 8.11. The molecule has 1 aromatic carbocycles. The number of carbonyl (C=O) groups is 1. The van der Waals surface area contributed by atoms with E-state index in [1.807, 2.05) is 63.5 Å². The summed E-state index contributed by atoms with van der Waals surface area (Å²) in [4.78, 5) is 17.1. The number of fused-ring (bicyclic) bond motifs is 1. The van der Waals surface area contributed by atoms with Crippen molar-refractivity contribution >= 4 is 35.0 Å². The van der Waals surface area contributed by atoms with Crippen LogP contribution in [0.1, 0.15) is 74.5 Å². The molecule has 47 heavy (non-hydrogen) atoms. The Morgan fingerprint density at radius 3 is 2.53 bits per heavy atom. The van der Waals surface area contributed by atoms with Crippen molar-refractivity contribution in [2.75, 3.05) is 46.4 Å². The monoisotopic (exact) mass is 663 g/mol. The fraction of sp³-hybridized carbons (Fsp3) is 0.459. The number of aryl methyl sites for hydroxylation is 2. The van der Waals surface area contributed by atoms with Crippen molar-refractivity contribution in [2.24, 2.45) is 7.05 Å². The molecule has 0 radical (unpaired) electrons. The number of hydroxylamine groups is 2. The average Bonchev–Trinajstić information content (AvgIpc) is 3.17. The van der Waals surface area contributed by atoms with Crippen LogP contribution in [0.2, 0.25) is 0 Å². The Kier molecular flexibility index (Phi) is 12.7. The lowest BCUT2D eigenvalue weighted by atomic mass is 9.88. The maximum Gasteiger partial charge on any atom is 0.352 e. The molecule has 254 valence electrons. The first-order chi connectivity index (χ1) is 22.4. The summed E-state index contributed by atoms with van der Waals surface area (Å²) in [6, 6.07) is 8.18. The van der Waals surface area contributed by atoms with Crippen LogP contribution in [0.3, 0.4) is 0 Å². The molecule has 0 unspecified atom stereocenters. The highest BCUT2D eigenvalue weighted by atomic mass is 35.5.